The summed E-state index contributed by atoms with van der Waals surface area (Å²) >= 11 is 0. The molecule has 3 nitrogen and oxygen atoms in total. The van der Waals surface area contributed by atoms with E-state index in [-0.39, 0.29) is 0 Å². The third-order valence-electron chi connectivity index (χ3n) is 4.88. The summed E-state index contributed by atoms with van der Waals surface area (Å²) in [7, 11) is 0. The van der Waals surface area contributed by atoms with E-state index in [4.69, 9.17) is 0 Å². The molecule has 0 saturated heterocycles. The molecule has 0 amide bonds. The van der Waals surface area contributed by atoms with Gasteiger partial charge in [-0.15, -0.1) is 0 Å². The predicted molar refractivity (Wildman–Crippen MR) is 91.6 cm³/mol. The van der Waals surface area contributed by atoms with E-state index >= 15 is 0 Å². The van der Waals surface area contributed by atoms with Gasteiger partial charge in [0.1, 0.15) is 0 Å². The SMILES string of the molecule is CCCNC1CCC(CC)CC1CN(CC)CC(C)(C)O. The summed E-state index contributed by atoms with van der Waals surface area (Å²) in [5.41, 5.74) is -0.596. The van der Waals surface area contributed by atoms with Gasteiger partial charge in [-0.3, -0.25) is 0 Å². The average Bonchev–Trinajstić information content (AvgIpc) is 2.43. The molecule has 1 saturated carbocycles. The minimum atomic E-state index is -0.596. The van der Waals surface area contributed by atoms with Crippen LogP contribution in [-0.4, -0.2) is 47.8 Å². The van der Waals surface area contributed by atoms with E-state index in [1.165, 1.54) is 32.1 Å². The van der Waals surface area contributed by atoms with E-state index in [1.54, 1.807) is 0 Å². The average molecular weight is 299 g/mol. The summed E-state index contributed by atoms with van der Waals surface area (Å²) in [5.74, 6) is 1.63. The molecule has 0 heterocycles. The van der Waals surface area contributed by atoms with Crippen LogP contribution in [0.15, 0.2) is 0 Å². The van der Waals surface area contributed by atoms with Crippen LogP contribution in [0, 0.1) is 11.8 Å². The Kier molecular flexibility index (Phi) is 8.22. The molecule has 3 heteroatoms. The normalized spacial score (nSPS) is 27.3. The summed E-state index contributed by atoms with van der Waals surface area (Å²) in [6.07, 6.45) is 6.58. The van der Waals surface area contributed by atoms with Crippen LogP contribution < -0.4 is 5.32 Å². The predicted octanol–water partition coefficient (Wildman–Crippen LogP) is 3.27. The molecule has 0 aromatic heterocycles. The molecule has 0 aliphatic heterocycles. The van der Waals surface area contributed by atoms with Crippen molar-refractivity contribution in [3.8, 4) is 0 Å². The molecule has 0 spiro atoms. The van der Waals surface area contributed by atoms with Crippen molar-refractivity contribution in [2.75, 3.05) is 26.2 Å². The van der Waals surface area contributed by atoms with Crippen molar-refractivity contribution >= 4 is 0 Å². The monoisotopic (exact) mass is 298 g/mol. The second kappa shape index (κ2) is 9.12. The van der Waals surface area contributed by atoms with Gasteiger partial charge in [-0.2, -0.15) is 0 Å². The second-order valence-corrected chi connectivity index (χ2v) is 7.55. The Morgan fingerprint density at radius 2 is 1.90 bits per heavy atom. The number of nitrogens with zero attached hydrogens (tertiary/aromatic N) is 1. The van der Waals surface area contributed by atoms with E-state index in [0.29, 0.717) is 6.04 Å². The van der Waals surface area contributed by atoms with Crippen molar-refractivity contribution in [1.29, 1.82) is 0 Å². The Balaban J connectivity index is 2.62. The van der Waals surface area contributed by atoms with Crippen LogP contribution in [0.5, 0.6) is 0 Å². The second-order valence-electron chi connectivity index (χ2n) is 7.55. The highest BCUT2D eigenvalue weighted by molar-refractivity contribution is 4.87. The molecular weight excluding hydrogens is 260 g/mol. The fourth-order valence-electron chi connectivity index (χ4n) is 3.72. The Bertz CT molecular complexity index is 275. The quantitative estimate of drug-likeness (QED) is 0.686. The van der Waals surface area contributed by atoms with Crippen LogP contribution in [0.25, 0.3) is 0 Å². The number of rotatable bonds is 9. The Hall–Kier alpha value is -0.120. The lowest BCUT2D eigenvalue weighted by atomic mass is 9.76. The van der Waals surface area contributed by atoms with E-state index in [2.05, 4.69) is 31.0 Å². The van der Waals surface area contributed by atoms with Gasteiger partial charge in [-0.25, -0.2) is 0 Å². The first kappa shape index (κ1) is 18.9. The number of nitrogens with one attached hydrogen (secondary N) is 1. The molecule has 0 bridgehead atoms. The van der Waals surface area contributed by atoms with Crippen LogP contribution in [0.4, 0.5) is 0 Å². The summed E-state index contributed by atoms with van der Waals surface area (Å²) in [5, 5.41) is 13.9. The number of aliphatic hydroxyl groups is 1. The standard InChI is InChI=1S/C18H38N2O/c1-6-11-19-17-10-9-15(7-2)12-16(17)13-20(8-3)14-18(4,5)21/h15-17,19,21H,6-14H2,1-5H3. The van der Waals surface area contributed by atoms with Crippen molar-refractivity contribution in [2.45, 2.75) is 78.4 Å². The molecule has 2 N–H and O–H groups in total. The first-order valence-corrected chi connectivity index (χ1v) is 9.07. The minimum absolute atomic E-state index is 0.596. The van der Waals surface area contributed by atoms with E-state index in [9.17, 15) is 5.11 Å². The molecule has 1 fully saturated rings. The molecule has 1 aliphatic carbocycles. The van der Waals surface area contributed by atoms with Crippen LogP contribution >= 0.6 is 0 Å². The maximum atomic E-state index is 10.1. The molecule has 126 valence electrons. The van der Waals surface area contributed by atoms with Gasteiger partial charge in [-0.1, -0.05) is 27.2 Å². The number of hydrogen-bond donors (Lipinski definition) is 2. The van der Waals surface area contributed by atoms with Gasteiger partial charge in [0.05, 0.1) is 5.60 Å². The fraction of sp³-hybridized carbons (Fsp3) is 1.00. The Morgan fingerprint density at radius 3 is 2.43 bits per heavy atom. The van der Waals surface area contributed by atoms with Crippen molar-refractivity contribution in [1.82, 2.24) is 10.2 Å². The van der Waals surface area contributed by atoms with E-state index in [0.717, 1.165) is 38.0 Å². The molecule has 1 rings (SSSR count). The smallest absolute Gasteiger partial charge is 0.0718 e. The van der Waals surface area contributed by atoms with Crippen molar-refractivity contribution in [3.63, 3.8) is 0 Å². The van der Waals surface area contributed by atoms with Crippen molar-refractivity contribution in [3.05, 3.63) is 0 Å². The highest BCUT2D eigenvalue weighted by Crippen LogP contribution is 2.32. The fourth-order valence-corrected chi connectivity index (χ4v) is 3.72. The first-order chi connectivity index (χ1) is 9.89. The molecule has 0 radical (unpaired) electrons. The van der Waals surface area contributed by atoms with Crippen LogP contribution in [0.3, 0.4) is 0 Å². The zero-order chi connectivity index (χ0) is 15.9. The van der Waals surface area contributed by atoms with Gasteiger partial charge in [0.2, 0.25) is 0 Å². The minimum Gasteiger partial charge on any atom is -0.389 e. The first-order valence-electron chi connectivity index (χ1n) is 9.07. The molecule has 1 aliphatic rings. The highest BCUT2D eigenvalue weighted by atomic mass is 16.3. The maximum absolute atomic E-state index is 10.1. The Labute approximate surface area is 132 Å². The lowest BCUT2D eigenvalue weighted by Gasteiger charge is -2.40. The highest BCUT2D eigenvalue weighted by Gasteiger charge is 2.31. The number of hydrogen-bond acceptors (Lipinski definition) is 3. The van der Waals surface area contributed by atoms with Crippen molar-refractivity contribution < 1.29 is 5.11 Å². The topological polar surface area (TPSA) is 35.5 Å². The lowest BCUT2D eigenvalue weighted by molar-refractivity contribution is 0.0256. The van der Waals surface area contributed by atoms with Gasteiger partial charge in [0.15, 0.2) is 0 Å². The van der Waals surface area contributed by atoms with Gasteiger partial charge in [-0.05, 0) is 64.5 Å². The van der Waals surface area contributed by atoms with Gasteiger partial charge >= 0.3 is 0 Å². The third-order valence-corrected chi connectivity index (χ3v) is 4.88. The van der Waals surface area contributed by atoms with E-state index < -0.39 is 5.60 Å². The largest absolute Gasteiger partial charge is 0.389 e. The van der Waals surface area contributed by atoms with Crippen LogP contribution in [-0.2, 0) is 0 Å². The molecule has 0 aromatic carbocycles. The molecule has 21 heavy (non-hydrogen) atoms. The number of likely N-dealkylation sites (N-methyl/N-ethyl adjacent to an activating group) is 1. The van der Waals surface area contributed by atoms with Crippen molar-refractivity contribution in [2.24, 2.45) is 11.8 Å². The van der Waals surface area contributed by atoms with Gasteiger partial charge < -0.3 is 15.3 Å². The van der Waals surface area contributed by atoms with Crippen LogP contribution in [0.1, 0.15) is 66.7 Å². The van der Waals surface area contributed by atoms with Crippen LogP contribution in [0.2, 0.25) is 0 Å². The maximum Gasteiger partial charge on any atom is 0.0718 e. The summed E-state index contributed by atoms with van der Waals surface area (Å²) in [6.45, 7) is 14.7. The summed E-state index contributed by atoms with van der Waals surface area (Å²) in [6, 6.07) is 0.670. The van der Waals surface area contributed by atoms with E-state index in [1.807, 2.05) is 13.8 Å². The molecular formula is C18H38N2O. The third kappa shape index (κ3) is 7.12. The Morgan fingerprint density at radius 1 is 1.19 bits per heavy atom. The summed E-state index contributed by atoms with van der Waals surface area (Å²) < 4.78 is 0. The zero-order valence-electron chi connectivity index (χ0n) is 15.0. The molecule has 3 unspecified atom stereocenters. The lowest BCUT2D eigenvalue weighted by Crippen LogP contribution is -2.48. The van der Waals surface area contributed by atoms with Gasteiger partial charge in [0.25, 0.3) is 0 Å². The molecule has 3 atom stereocenters. The van der Waals surface area contributed by atoms with Gasteiger partial charge in [0, 0.05) is 19.1 Å². The summed E-state index contributed by atoms with van der Waals surface area (Å²) in [4.78, 5) is 2.43. The zero-order valence-corrected chi connectivity index (χ0v) is 15.0. The molecule has 0 aromatic rings.